The number of rotatable bonds is 8. The SMILES string of the molecule is CCc1ccccc1NC(=O)C1CC1C(=O)NCCCOC. The maximum absolute atomic E-state index is 12.2. The highest BCUT2D eigenvalue weighted by Crippen LogP contribution is 2.39. The Morgan fingerprint density at radius 2 is 1.95 bits per heavy atom. The summed E-state index contributed by atoms with van der Waals surface area (Å²) in [5, 5.41) is 5.80. The number of para-hydroxylation sites is 1. The van der Waals surface area contributed by atoms with Gasteiger partial charge >= 0.3 is 0 Å². The Morgan fingerprint density at radius 3 is 2.68 bits per heavy atom. The molecule has 0 saturated heterocycles. The third kappa shape index (κ3) is 4.31. The van der Waals surface area contributed by atoms with Crippen molar-refractivity contribution in [2.45, 2.75) is 26.2 Å². The molecule has 2 atom stereocenters. The molecule has 1 aliphatic carbocycles. The molecule has 1 aromatic carbocycles. The van der Waals surface area contributed by atoms with Crippen LogP contribution in [0.5, 0.6) is 0 Å². The van der Waals surface area contributed by atoms with Crippen molar-refractivity contribution >= 4 is 17.5 Å². The highest BCUT2D eigenvalue weighted by Gasteiger charge is 2.47. The molecule has 0 spiro atoms. The average Bonchev–Trinajstić information content (AvgIpc) is 3.32. The molecule has 5 heteroatoms. The summed E-state index contributed by atoms with van der Waals surface area (Å²) in [6.45, 7) is 3.28. The van der Waals surface area contributed by atoms with Crippen LogP contribution in [0.2, 0.25) is 0 Å². The molecule has 2 N–H and O–H groups in total. The molecule has 0 aromatic heterocycles. The van der Waals surface area contributed by atoms with Gasteiger partial charge in [-0.1, -0.05) is 25.1 Å². The van der Waals surface area contributed by atoms with Crippen molar-refractivity contribution in [3.05, 3.63) is 29.8 Å². The first kappa shape index (κ1) is 16.5. The van der Waals surface area contributed by atoms with Crippen LogP contribution >= 0.6 is 0 Å². The fraction of sp³-hybridized carbons (Fsp3) is 0.529. The zero-order chi connectivity index (χ0) is 15.9. The van der Waals surface area contributed by atoms with Crippen LogP contribution in [0.25, 0.3) is 0 Å². The molecular weight excluding hydrogens is 280 g/mol. The highest BCUT2D eigenvalue weighted by molar-refractivity contribution is 5.99. The summed E-state index contributed by atoms with van der Waals surface area (Å²) in [5.74, 6) is -0.471. The van der Waals surface area contributed by atoms with Gasteiger partial charge in [-0.2, -0.15) is 0 Å². The Kier molecular flexibility index (Phi) is 5.95. The van der Waals surface area contributed by atoms with Crippen LogP contribution in [0.15, 0.2) is 24.3 Å². The quantitative estimate of drug-likeness (QED) is 0.722. The number of methoxy groups -OCH3 is 1. The standard InChI is InChI=1S/C17H24N2O3/c1-3-12-7-4-5-8-15(12)19-17(21)14-11-13(14)16(20)18-9-6-10-22-2/h4-5,7-8,13-14H,3,6,9-11H2,1-2H3,(H,18,20)(H,19,21). The predicted molar refractivity (Wildman–Crippen MR) is 85.5 cm³/mol. The van der Waals surface area contributed by atoms with E-state index in [9.17, 15) is 9.59 Å². The van der Waals surface area contributed by atoms with Gasteiger partial charge in [0.05, 0.1) is 11.8 Å². The van der Waals surface area contributed by atoms with Gasteiger partial charge in [-0.25, -0.2) is 0 Å². The molecule has 5 nitrogen and oxygen atoms in total. The van der Waals surface area contributed by atoms with Gasteiger partial charge in [0.15, 0.2) is 0 Å². The van der Waals surface area contributed by atoms with Crippen molar-refractivity contribution in [3.63, 3.8) is 0 Å². The Hall–Kier alpha value is -1.88. The van der Waals surface area contributed by atoms with E-state index < -0.39 is 0 Å². The topological polar surface area (TPSA) is 67.4 Å². The van der Waals surface area contributed by atoms with Crippen LogP contribution in [0.3, 0.4) is 0 Å². The van der Waals surface area contributed by atoms with Crippen LogP contribution in [0, 0.1) is 11.8 Å². The Labute approximate surface area is 131 Å². The fourth-order valence-electron chi connectivity index (χ4n) is 2.51. The molecule has 0 aliphatic heterocycles. The predicted octanol–water partition coefficient (Wildman–Crippen LogP) is 1.98. The first-order chi connectivity index (χ1) is 10.7. The number of benzene rings is 1. The molecule has 0 radical (unpaired) electrons. The molecule has 1 aliphatic rings. The van der Waals surface area contributed by atoms with Gasteiger partial charge in [-0.3, -0.25) is 9.59 Å². The average molecular weight is 304 g/mol. The van der Waals surface area contributed by atoms with E-state index in [-0.39, 0.29) is 23.7 Å². The lowest BCUT2D eigenvalue weighted by atomic mass is 10.1. The number of ether oxygens (including phenoxy) is 1. The van der Waals surface area contributed by atoms with E-state index in [4.69, 9.17) is 4.74 Å². The third-order valence-corrected chi connectivity index (χ3v) is 3.94. The van der Waals surface area contributed by atoms with E-state index in [0.717, 1.165) is 24.1 Å². The van der Waals surface area contributed by atoms with Crippen LogP contribution < -0.4 is 10.6 Å². The van der Waals surface area contributed by atoms with Gasteiger partial charge in [0.25, 0.3) is 0 Å². The minimum atomic E-state index is -0.202. The van der Waals surface area contributed by atoms with E-state index in [1.807, 2.05) is 24.3 Å². The van der Waals surface area contributed by atoms with E-state index in [2.05, 4.69) is 17.6 Å². The number of nitrogens with one attached hydrogen (secondary N) is 2. The molecule has 2 unspecified atom stereocenters. The van der Waals surface area contributed by atoms with Gasteiger partial charge in [-0.05, 0) is 30.9 Å². The third-order valence-electron chi connectivity index (χ3n) is 3.94. The van der Waals surface area contributed by atoms with Crippen molar-refractivity contribution < 1.29 is 14.3 Å². The summed E-state index contributed by atoms with van der Waals surface area (Å²) in [5.41, 5.74) is 1.96. The molecule has 1 fully saturated rings. The molecule has 0 bridgehead atoms. The van der Waals surface area contributed by atoms with E-state index in [1.54, 1.807) is 7.11 Å². The maximum Gasteiger partial charge on any atom is 0.228 e. The zero-order valence-electron chi connectivity index (χ0n) is 13.2. The summed E-state index contributed by atoms with van der Waals surface area (Å²) in [6, 6.07) is 7.77. The molecule has 0 heterocycles. The second-order valence-corrected chi connectivity index (χ2v) is 5.59. The smallest absolute Gasteiger partial charge is 0.228 e. The van der Waals surface area contributed by atoms with Crippen molar-refractivity contribution in [1.29, 1.82) is 0 Å². The maximum atomic E-state index is 12.2. The monoisotopic (exact) mass is 304 g/mol. The van der Waals surface area contributed by atoms with Crippen molar-refractivity contribution in [1.82, 2.24) is 5.32 Å². The lowest BCUT2D eigenvalue weighted by molar-refractivity contribution is -0.125. The zero-order valence-corrected chi connectivity index (χ0v) is 13.2. The minimum Gasteiger partial charge on any atom is -0.385 e. The molecule has 1 saturated carbocycles. The van der Waals surface area contributed by atoms with Gasteiger partial charge in [-0.15, -0.1) is 0 Å². The summed E-state index contributed by atoms with van der Waals surface area (Å²) in [6.07, 6.45) is 2.29. The van der Waals surface area contributed by atoms with Crippen LogP contribution in [-0.4, -0.2) is 32.1 Å². The number of carbonyl (C=O) groups is 2. The molecule has 1 aromatic rings. The normalized spacial score (nSPS) is 19.5. The number of hydrogen-bond acceptors (Lipinski definition) is 3. The number of aryl methyl sites for hydroxylation is 1. The second kappa shape index (κ2) is 7.94. The van der Waals surface area contributed by atoms with Crippen molar-refractivity contribution in [2.24, 2.45) is 11.8 Å². The first-order valence-electron chi connectivity index (χ1n) is 7.82. The molecular formula is C17H24N2O3. The molecule has 2 rings (SSSR count). The second-order valence-electron chi connectivity index (χ2n) is 5.59. The Bertz CT molecular complexity index is 530. The first-order valence-corrected chi connectivity index (χ1v) is 7.82. The number of hydrogen-bond donors (Lipinski definition) is 2. The van der Waals surface area contributed by atoms with Crippen LogP contribution in [-0.2, 0) is 20.7 Å². The van der Waals surface area contributed by atoms with Gasteiger partial charge in [0, 0.05) is 25.9 Å². The summed E-state index contributed by atoms with van der Waals surface area (Å²) in [7, 11) is 1.64. The Balaban J connectivity index is 1.79. The Morgan fingerprint density at radius 1 is 1.23 bits per heavy atom. The van der Waals surface area contributed by atoms with Crippen molar-refractivity contribution in [3.8, 4) is 0 Å². The van der Waals surface area contributed by atoms with Crippen molar-refractivity contribution in [2.75, 3.05) is 25.6 Å². The molecule has 120 valence electrons. The lowest BCUT2D eigenvalue weighted by Crippen LogP contribution is -2.28. The summed E-state index contributed by atoms with van der Waals surface area (Å²) in [4.78, 5) is 24.1. The van der Waals surface area contributed by atoms with Gasteiger partial charge in [0.2, 0.25) is 11.8 Å². The molecule has 22 heavy (non-hydrogen) atoms. The summed E-state index contributed by atoms with van der Waals surface area (Å²) >= 11 is 0. The summed E-state index contributed by atoms with van der Waals surface area (Å²) < 4.78 is 4.93. The number of amides is 2. The fourth-order valence-corrected chi connectivity index (χ4v) is 2.51. The number of carbonyl (C=O) groups excluding carboxylic acids is 2. The van der Waals surface area contributed by atoms with E-state index >= 15 is 0 Å². The van der Waals surface area contributed by atoms with Crippen LogP contribution in [0.4, 0.5) is 5.69 Å². The van der Waals surface area contributed by atoms with E-state index in [1.165, 1.54) is 0 Å². The van der Waals surface area contributed by atoms with Crippen LogP contribution in [0.1, 0.15) is 25.3 Å². The molecule has 2 amide bonds. The van der Waals surface area contributed by atoms with Gasteiger partial charge < -0.3 is 15.4 Å². The largest absolute Gasteiger partial charge is 0.385 e. The van der Waals surface area contributed by atoms with Gasteiger partial charge in [0.1, 0.15) is 0 Å². The number of anilines is 1. The van der Waals surface area contributed by atoms with E-state index in [0.29, 0.717) is 19.6 Å². The lowest BCUT2D eigenvalue weighted by Gasteiger charge is -2.09. The highest BCUT2D eigenvalue weighted by atomic mass is 16.5. The minimum absolute atomic E-state index is 0.0278.